The van der Waals surface area contributed by atoms with Crippen LogP contribution in [0.4, 0.5) is 17.1 Å². The topological polar surface area (TPSA) is 86.7 Å². The maximum Gasteiger partial charge on any atom is 0.328 e. The van der Waals surface area contributed by atoms with Gasteiger partial charge in [-0.3, -0.25) is 14.5 Å². The second-order valence-corrected chi connectivity index (χ2v) is 8.51. The summed E-state index contributed by atoms with van der Waals surface area (Å²) in [6.07, 6.45) is 3.49. The number of hydrogen-bond acceptors (Lipinski definition) is 4. The average Bonchev–Trinajstić information content (AvgIpc) is 2.98. The Morgan fingerprint density at radius 3 is 2.15 bits per heavy atom. The maximum absolute atomic E-state index is 13.4. The first-order chi connectivity index (χ1) is 16.0. The molecular weight excluding hydrogens is 436 g/mol. The van der Waals surface area contributed by atoms with Gasteiger partial charge in [0.15, 0.2) is 0 Å². The fraction of sp³-hybridized carbons (Fsp3) is 0.115. The van der Waals surface area contributed by atoms with E-state index in [9.17, 15) is 14.4 Å². The van der Waals surface area contributed by atoms with Crippen molar-refractivity contribution in [1.29, 1.82) is 0 Å². The molecule has 1 aliphatic rings. The largest absolute Gasteiger partial charge is 0.478 e. The minimum absolute atomic E-state index is 0.0272. The quantitative estimate of drug-likeness (QED) is 0.408. The van der Waals surface area contributed by atoms with Crippen LogP contribution in [0, 0.1) is 0 Å². The number of carboxylic acids is 1. The molecule has 1 heterocycles. The van der Waals surface area contributed by atoms with Crippen molar-refractivity contribution in [3.63, 3.8) is 0 Å². The number of thioether (sulfide) groups is 1. The lowest BCUT2D eigenvalue weighted by molar-refractivity contribution is -0.131. The van der Waals surface area contributed by atoms with E-state index >= 15 is 0 Å². The molecule has 0 atom stereocenters. The van der Waals surface area contributed by atoms with E-state index in [4.69, 9.17) is 5.11 Å². The van der Waals surface area contributed by atoms with Gasteiger partial charge in [-0.15, -0.1) is 11.8 Å². The van der Waals surface area contributed by atoms with Gasteiger partial charge >= 0.3 is 5.97 Å². The number of anilines is 3. The zero-order valence-corrected chi connectivity index (χ0v) is 18.5. The predicted octanol–water partition coefficient (Wildman–Crippen LogP) is 4.82. The number of fused-ring (bicyclic) bond motifs is 2. The van der Waals surface area contributed by atoms with E-state index in [1.165, 1.54) is 11.8 Å². The van der Waals surface area contributed by atoms with Crippen LogP contribution in [0.15, 0.2) is 89.8 Å². The van der Waals surface area contributed by atoms with Crippen molar-refractivity contribution in [3.8, 4) is 0 Å². The second-order valence-electron chi connectivity index (χ2n) is 7.46. The predicted molar refractivity (Wildman–Crippen MR) is 130 cm³/mol. The molecule has 0 aliphatic carbocycles. The van der Waals surface area contributed by atoms with Crippen molar-refractivity contribution in [1.82, 2.24) is 0 Å². The second kappa shape index (κ2) is 10.2. The Bertz CT molecular complexity index is 1190. The fourth-order valence-corrected chi connectivity index (χ4v) is 4.56. The standard InChI is InChI=1S/C26H22N2O4S/c29-24(14-15-26(31)32)27-20-8-5-9-21(16-20)33-17-25(30)28-22-10-3-1-6-18(22)12-13-19-7-2-4-11-23(19)28/h1-11,14-16H,12-13,17H2,(H,27,29)(H,31,32)/b15-14+. The summed E-state index contributed by atoms with van der Waals surface area (Å²) in [6, 6.07) is 23.1. The van der Waals surface area contributed by atoms with Crippen molar-refractivity contribution in [3.05, 3.63) is 96.1 Å². The van der Waals surface area contributed by atoms with Gasteiger partial charge in [0.2, 0.25) is 11.8 Å². The van der Waals surface area contributed by atoms with Crippen LogP contribution in [-0.4, -0.2) is 28.6 Å². The van der Waals surface area contributed by atoms with Crippen LogP contribution >= 0.6 is 11.8 Å². The van der Waals surface area contributed by atoms with E-state index < -0.39 is 11.9 Å². The third kappa shape index (κ3) is 5.51. The third-order valence-corrected chi connectivity index (χ3v) is 6.20. The molecule has 0 saturated heterocycles. The lowest BCUT2D eigenvalue weighted by Gasteiger charge is -2.25. The Labute approximate surface area is 195 Å². The summed E-state index contributed by atoms with van der Waals surface area (Å²) in [4.78, 5) is 38.5. The summed E-state index contributed by atoms with van der Waals surface area (Å²) in [6.45, 7) is 0. The van der Waals surface area contributed by atoms with Gasteiger partial charge in [-0.05, 0) is 54.3 Å². The SMILES string of the molecule is O=C(O)/C=C/C(=O)Nc1cccc(SCC(=O)N2c3ccccc3CCc3ccccc32)c1. The van der Waals surface area contributed by atoms with Crippen molar-refractivity contribution < 1.29 is 19.5 Å². The maximum atomic E-state index is 13.4. The fourth-order valence-electron chi connectivity index (χ4n) is 3.75. The van der Waals surface area contributed by atoms with E-state index in [1.807, 2.05) is 47.4 Å². The number of aryl methyl sites for hydroxylation is 2. The Hall–Kier alpha value is -3.84. The number of carboxylic acid groups (broad SMARTS) is 1. The number of carbonyl (C=O) groups is 3. The van der Waals surface area contributed by atoms with Crippen molar-refractivity contribution in [2.24, 2.45) is 0 Å². The van der Waals surface area contributed by atoms with Crippen molar-refractivity contribution in [2.45, 2.75) is 17.7 Å². The minimum Gasteiger partial charge on any atom is -0.478 e. The normalized spacial score (nSPS) is 12.5. The summed E-state index contributed by atoms with van der Waals surface area (Å²) in [5.74, 6) is -1.53. The lowest BCUT2D eigenvalue weighted by Crippen LogP contribution is -2.28. The van der Waals surface area contributed by atoms with Gasteiger partial charge in [-0.25, -0.2) is 4.79 Å². The van der Waals surface area contributed by atoms with Gasteiger partial charge < -0.3 is 10.4 Å². The molecule has 33 heavy (non-hydrogen) atoms. The van der Waals surface area contributed by atoms with E-state index in [0.717, 1.165) is 52.4 Å². The van der Waals surface area contributed by atoms with Crippen LogP contribution in [-0.2, 0) is 27.2 Å². The first-order valence-corrected chi connectivity index (χ1v) is 11.4. The lowest BCUT2D eigenvalue weighted by atomic mass is 10.0. The molecule has 166 valence electrons. The van der Waals surface area contributed by atoms with Gasteiger partial charge in [0.1, 0.15) is 0 Å². The number of benzene rings is 3. The van der Waals surface area contributed by atoms with Crippen LogP contribution < -0.4 is 10.2 Å². The molecule has 7 heteroatoms. The molecule has 0 bridgehead atoms. The third-order valence-electron chi connectivity index (χ3n) is 5.22. The summed E-state index contributed by atoms with van der Waals surface area (Å²) < 4.78 is 0. The molecule has 2 N–H and O–H groups in total. The van der Waals surface area contributed by atoms with E-state index in [2.05, 4.69) is 17.4 Å². The molecule has 0 saturated carbocycles. The van der Waals surface area contributed by atoms with Gasteiger partial charge in [-0.2, -0.15) is 0 Å². The number of nitrogens with zero attached hydrogens (tertiary/aromatic N) is 1. The van der Waals surface area contributed by atoms with Gasteiger partial charge in [0, 0.05) is 22.7 Å². The van der Waals surface area contributed by atoms with E-state index in [-0.39, 0.29) is 11.7 Å². The van der Waals surface area contributed by atoms with Gasteiger partial charge in [0.25, 0.3) is 0 Å². The molecule has 6 nitrogen and oxygen atoms in total. The highest BCUT2D eigenvalue weighted by atomic mass is 32.2. The first-order valence-electron chi connectivity index (χ1n) is 10.4. The molecular formula is C26H22N2O4S. The van der Waals surface area contributed by atoms with Crippen LogP contribution in [0.3, 0.4) is 0 Å². The Balaban J connectivity index is 1.51. The summed E-state index contributed by atoms with van der Waals surface area (Å²) in [5, 5.41) is 11.3. The molecule has 3 aromatic rings. The number of hydrogen-bond donors (Lipinski definition) is 2. The monoisotopic (exact) mass is 458 g/mol. The molecule has 1 aliphatic heterocycles. The number of nitrogens with one attached hydrogen (secondary N) is 1. The number of para-hydroxylation sites is 2. The van der Waals surface area contributed by atoms with Crippen molar-refractivity contribution in [2.75, 3.05) is 16.0 Å². The first kappa shape index (κ1) is 22.4. The molecule has 2 amide bonds. The van der Waals surface area contributed by atoms with Gasteiger partial charge in [0.05, 0.1) is 17.1 Å². The smallest absolute Gasteiger partial charge is 0.328 e. The van der Waals surface area contributed by atoms with Crippen LogP contribution in [0.25, 0.3) is 0 Å². The van der Waals surface area contributed by atoms with Crippen LogP contribution in [0.5, 0.6) is 0 Å². The zero-order chi connectivity index (χ0) is 23.2. The van der Waals surface area contributed by atoms with Crippen LogP contribution in [0.2, 0.25) is 0 Å². The summed E-state index contributed by atoms with van der Waals surface area (Å²) in [5.41, 5.74) is 4.65. The Kier molecular flexibility index (Phi) is 6.90. The molecule has 0 spiro atoms. The number of carbonyl (C=O) groups excluding carboxylic acids is 2. The molecule has 0 radical (unpaired) electrons. The minimum atomic E-state index is -1.19. The molecule has 0 unspecified atom stereocenters. The highest BCUT2D eigenvalue weighted by Gasteiger charge is 2.25. The van der Waals surface area contributed by atoms with Gasteiger partial charge in [-0.1, -0.05) is 42.5 Å². The molecule has 0 fully saturated rings. The highest BCUT2D eigenvalue weighted by molar-refractivity contribution is 8.00. The molecule has 0 aromatic heterocycles. The van der Waals surface area contributed by atoms with Crippen LogP contribution in [0.1, 0.15) is 11.1 Å². The summed E-state index contributed by atoms with van der Waals surface area (Å²) in [7, 11) is 0. The zero-order valence-electron chi connectivity index (χ0n) is 17.7. The number of aliphatic carboxylic acids is 1. The number of rotatable bonds is 6. The highest BCUT2D eigenvalue weighted by Crippen LogP contribution is 2.36. The van der Waals surface area contributed by atoms with E-state index in [1.54, 1.807) is 18.2 Å². The Morgan fingerprint density at radius 1 is 0.879 bits per heavy atom. The number of amides is 2. The van der Waals surface area contributed by atoms with E-state index in [0.29, 0.717) is 5.69 Å². The van der Waals surface area contributed by atoms with Crippen molar-refractivity contribution >= 4 is 46.6 Å². The average molecular weight is 459 g/mol. The molecule has 3 aromatic carbocycles. The summed E-state index contributed by atoms with van der Waals surface area (Å²) >= 11 is 1.38. The Morgan fingerprint density at radius 2 is 1.52 bits per heavy atom. The molecule has 4 rings (SSSR count).